The molecule has 6 heteroatoms. The number of rotatable bonds is 6. The van der Waals surface area contributed by atoms with Gasteiger partial charge in [0, 0.05) is 25.2 Å². The van der Waals surface area contributed by atoms with Gasteiger partial charge in [-0.2, -0.15) is 0 Å². The Labute approximate surface area is 171 Å². The van der Waals surface area contributed by atoms with E-state index >= 15 is 0 Å². The molecule has 29 heavy (non-hydrogen) atoms. The normalized spacial score (nSPS) is 17.4. The van der Waals surface area contributed by atoms with E-state index < -0.39 is 0 Å². The van der Waals surface area contributed by atoms with Gasteiger partial charge in [0.1, 0.15) is 5.82 Å². The second kappa shape index (κ2) is 10.0. The van der Waals surface area contributed by atoms with E-state index in [1.54, 1.807) is 17.0 Å². The van der Waals surface area contributed by atoms with E-state index in [0.29, 0.717) is 31.1 Å². The molecule has 1 aliphatic heterocycles. The second-order valence-corrected chi connectivity index (χ2v) is 7.63. The number of carbonyl (C=O) groups is 2. The van der Waals surface area contributed by atoms with Gasteiger partial charge in [0.25, 0.3) is 0 Å². The van der Waals surface area contributed by atoms with E-state index in [9.17, 15) is 14.0 Å². The van der Waals surface area contributed by atoms with Crippen molar-refractivity contribution in [1.29, 1.82) is 0 Å². The van der Waals surface area contributed by atoms with Crippen LogP contribution in [0.4, 0.5) is 14.9 Å². The molecule has 0 aromatic heterocycles. The maximum atomic E-state index is 13.3. The Kier molecular flexibility index (Phi) is 7.22. The summed E-state index contributed by atoms with van der Waals surface area (Å²) in [6.45, 7) is 3.27. The summed E-state index contributed by atoms with van der Waals surface area (Å²) in [5.41, 5.74) is 1.53. The zero-order valence-corrected chi connectivity index (χ0v) is 16.7. The summed E-state index contributed by atoms with van der Waals surface area (Å²) >= 11 is 0. The predicted molar refractivity (Wildman–Crippen MR) is 112 cm³/mol. The monoisotopic (exact) mass is 397 g/mol. The molecule has 0 radical (unpaired) electrons. The van der Waals surface area contributed by atoms with E-state index in [2.05, 4.69) is 10.6 Å². The minimum Gasteiger partial charge on any atom is -0.350 e. The maximum Gasteiger partial charge on any atom is 0.321 e. The number of halogens is 1. The van der Waals surface area contributed by atoms with Gasteiger partial charge in [-0.05, 0) is 55.9 Å². The van der Waals surface area contributed by atoms with Gasteiger partial charge in [0.05, 0.1) is 6.04 Å². The Morgan fingerprint density at radius 3 is 2.72 bits per heavy atom. The van der Waals surface area contributed by atoms with Crippen molar-refractivity contribution < 1.29 is 14.0 Å². The van der Waals surface area contributed by atoms with Crippen molar-refractivity contribution in [2.45, 2.75) is 38.6 Å². The fourth-order valence-electron chi connectivity index (χ4n) is 3.73. The van der Waals surface area contributed by atoms with Crippen molar-refractivity contribution in [1.82, 2.24) is 10.2 Å². The molecule has 1 aliphatic rings. The van der Waals surface area contributed by atoms with Crippen LogP contribution < -0.4 is 10.6 Å². The van der Waals surface area contributed by atoms with Crippen molar-refractivity contribution in [3.8, 4) is 0 Å². The number of amides is 3. The zero-order chi connectivity index (χ0) is 20.6. The summed E-state index contributed by atoms with van der Waals surface area (Å²) in [4.78, 5) is 26.5. The molecule has 3 amide bonds. The first kappa shape index (κ1) is 20.8. The number of benzene rings is 2. The molecule has 2 aromatic carbocycles. The average molecular weight is 397 g/mol. The fourth-order valence-corrected chi connectivity index (χ4v) is 3.73. The molecule has 2 atom stereocenters. The maximum absolute atomic E-state index is 13.3. The number of nitrogens with one attached hydrogen (secondary N) is 2. The van der Waals surface area contributed by atoms with Crippen LogP contribution in [0.3, 0.4) is 0 Å². The fraction of sp³-hybridized carbons (Fsp3) is 0.391. The van der Waals surface area contributed by atoms with E-state index in [1.807, 2.05) is 37.3 Å². The van der Waals surface area contributed by atoms with Crippen molar-refractivity contribution >= 4 is 17.6 Å². The quantitative estimate of drug-likeness (QED) is 0.740. The topological polar surface area (TPSA) is 61.4 Å². The molecule has 0 saturated carbocycles. The molecule has 1 heterocycles. The summed E-state index contributed by atoms with van der Waals surface area (Å²) < 4.78 is 13.3. The highest BCUT2D eigenvalue weighted by molar-refractivity contribution is 5.89. The third kappa shape index (κ3) is 6.31. The number of nitrogens with zero attached hydrogens (tertiary/aromatic N) is 1. The molecule has 0 unspecified atom stereocenters. The van der Waals surface area contributed by atoms with E-state index in [-0.39, 0.29) is 23.8 Å². The lowest BCUT2D eigenvalue weighted by Gasteiger charge is -2.32. The van der Waals surface area contributed by atoms with E-state index in [0.717, 1.165) is 24.8 Å². The third-order valence-electron chi connectivity index (χ3n) is 5.34. The molecule has 1 saturated heterocycles. The van der Waals surface area contributed by atoms with Gasteiger partial charge in [-0.15, -0.1) is 0 Å². The van der Waals surface area contributed by atoms with Crippen molar-refractivity contribution in [2.24, 2.45) is 5.92 Å². The first-order chi connectivity index (χ1) is 14.0. The lowest BCUT2D eigenvalue weighted by molar-refractivity contribution is -0.122. The summed E-state index contributed by atoms with van der Waals surface area (Å²) in [6, 6.07) is 15.5. The average Bonchev–Trinajstić information content (AvgIpc) is 2.73. The van der Waals surface area contributed by atoms with Gasteiger partial charge in [0.15, 0.2) is 0 Å². The van der Waals surface area contributed by atoms with Gasteiger partial charge in [-0.1, -0.05) is 36.4 Å². The van der Waals surface area contributed by atoms with Crippen LogP contribution in [0.1, 0.15) is 44.2 Å². The molecule has 5 nitrogen and oxygen atoms in total. The summed E-state index contributed by atoms with van der Waals surface area (Å²) in [7, 11) is 0. The smallest absolute Gasteiger partial charge is 0.321 e. The van der Waals surface area contributed by atoms with Gasteiger partial charge < -0.3 is 15.5 Å². The first-order valence-corrected chi connectivity index (χ1v) is 10.2. The molecule has 1 fully saturated rings. The SMILES string of the molecule is C[C@@H](NC(=O)CC[C@@H]1CCCN(C(=O)Nc2cccc(F)c2)C1)c1ccccc1. The molecule has 2 aromatic rings. The summed E-state index contributed by atoms with van der Waals surface area (Å²) in [5.74, 6) is -0.0578. The number of urea groups is 1. The molecule has 0 spiro atoms. The van der Waals surface area contributed by atoms with Crippen LogP contribution in [0.25, 0.3) is 0 Å². The van der Waals surface area contributed by atoms with Crippen LogP contribution >= 0.6 is 0 Å². The molecule has 154 valence electrons. The van der Waals surface area contributed by atoms with Crippen molar-refractivity contribution in [2.75, 3.05) is 18.4 Å². The van der Waals surface area contributed by atoms with Gasteiger partial charge in [0.2, 0.25) is 5.91 Å². The first-order valence-electron chi connectivity index (χ1n) is 10.2. The van der Waals surface area contributed by atoms with Crippen LogP contribution in [0.2, 0.25) is 0 Å². The molecular weight excluding hydrogens is 369 g/mol. The Morgan fingerprint density at radius 1 is 1.17 bits per heavy atom. The second-order valence-electron chi connectivity index (χ2n) is 7.63. The van der Waals surface area contributed by atoms with E-state index in [1.165, 1.54) is 12.1 Å². The van der Waals surface area contributed by atoms with Crippen LogP contribution in [0.5, 0.6) is 0 Å². The number of piperidine rings is 1. The highest BCUT2D eigenvalue weighted by Crippen LogP contribution is 2.22. The molecule has 2 N–H and O–H groups in total. The van der Waals surface area contributed by atoms with Crippen LogP contribution in [-0.2, 0) is 4.79 Å². The molecular formula is C23H28FN3O2. The largest absolute Gasteiger partial charge is 0.350 e. The molecule has 3 rings (SSSR count). The van der Waals surface area contributed by atoms with Crippen LogP contribution in [0, 0.1) is 11.7 Å². The lowest BCUT2D eigenvalue weighted by atomic mass is 9.93. The molecule has 0 bridgehead atoms. The van der Waals surface area contributed by atoms with E-state index in [4.69, 9.17) is 0 Å². The number of hydrogen-bond donors (Lipinski definition) is 2. The number of anilines is 1. The Bertz CT molecular complexity index is 828. The molecule has 0 aliphatic carbocycles. The standard InChI is InChI=1S/C23H28FN3O2/c1-17(19-8-3-2-4-9-19)25-22(28)13-12-18-7-6-14-27(16-18)23(29)26-21-11-5-10-20(24)15-21/h2-5,8-11,15,17-18H,6-7,12-14,16H2,1H3,(H,25,28)(H,26,29)/t17-,18+/m1/s1. The number of hydrogen-bond acceptors (Lipinski definition) is 2. The third-order valence-corrected chi connectivity index (χ3v) is 5.34. The van der Waals surface area contributed by atoms with Gasteiger partial charge in [-0.3, -0.25) is 4.79 Å². The number of carbonyl (C=O) groups excluding carboxylic acids is 2. The van der Waals surface area contributed by atoms with Crippen LogP contribution in [-0.4, -0.2) is 29.9 Å². The van der Waals surface area contributed by atoms with Gasteiger partial charge in [-0.25, -0.2) is 9.18 Å². The minimum absolute atomic E-state index is 0.0244. The summed E-state index contributed by atoms with van der Waals surface area (Å²) in [5, 5.41) is 5.79. The van der Waals surface area contributed by atoms with Crippen molar-refractivity contribution in [3.63, 3.8) is 0 Å². The summed E-state index contributed by atoms with van der Waals surface area (Å²) in [6.07, 6.45) is 3.10. The van der Waals surface area contributed by atoms with Gasteiger partial charge >= 0.3 is 6.03 Å². The Hall–Kier alpha value is -2.89. The highest BCUT2D eigenvalue weighted by atomic mass is 19.1. The van der Waals surface area contributed by atoms with Crippen molar-refractivity contribution in [3.05, 3.63) is 66.0 Å². The van der Waals surface area contributed by atoms with Crippen LogP contribution in [0.15, 0.2) is 54.6 Å². The Morgan fingerprint density at radius 2 is 1.97 bits per heavy atom. The zero-order valence-electron chi connectivity index (χ0n) is 16.7. The Balaban J connectivity index is 1.44. The predicted octanol–water partition coefficient (Wildman–Crippen LogP) is 4.73. The lowest BCUT2D eigenvalue weighted by Crippen LogP contribution is -2.42. The minimum atomic E-state index is -0.380. The highest BCUT2D eigenvalue weighted by Gasteiger charge is 2.24. The number of likely N-dealkylation sites (tertiary alicyclic amines) is 1.